The Morgan fingerprint density at radius 1 is 1.32 bits per heavy atom. The number of nitrogens with zero attached hydrogens (tertiary/aromatic N) is 2. The minimum absolute atomic E-state index is 0.198. The van der Waals surface area contributed by atoms with Crippen LogP contribution in [0.3, 0.4) is 0 Å². The monoisotopic (exact) mass is 275 g/mol. The molecule has 0 bridgehead atoms. The molecular weight excluding hydrogens is 255 g/mol. The molecule has 1 aliphatic carbocycles. The van der Waals surface area contributed by atoms with Crippen LogP contribution in [0.4, 0.5) is 13.2 Å². The molecular formula is C13H20F3N3. The second kappa shape index (κ2) is 5.94. The highest BCUT2D eigenvalue weighted by atomic mass is 19.4. The van der Waals surface area contributed by atoms with Gasteiger partial charge in [0.2, 0.25) is 0 Å². The highest BCUT2D eigenvalue weighted by Gasteiger charge is 2.41. The van der Waals surface area contributed by atoms with Gasteiger partial charge in [0.05, 0.1) is 12.5 Å². The van der Waals surface area contributed by atoms with E-state index in [1.165, 1.54) is 0 Å². The van der Waals surface area contributed by atoms with Crippen LogP contribution in [0.1, 0.15) is 32.6 Å². The fourth-order valence-corrected chi connectivity index (χ4v) is 2.73. The molecule has 108 valence electrons. The summed E-state index contributed by atoms with van der Waals surface area (Å²) in [4.78, 5) is 0. The van der Waals surface area contributed by atoms with Gasteiger partial charge in [-0.05, 0) is 38.7 Å². The molecule has 0 aliphatic heterocycles. The fourth-order valence-electron chi connectivity index (χ4n) is 2.73. The van der Waals surface area contributed by atoms with E-state index >= 15 is 0 Å². The van der Waals surface area contributed by atoms with Crippen molar-refractivity contribution >= 4 is 0 Å². The molecule has 1 aromatic rings. The lowest BCUT2D eigenvalue weighted by molar-refractivity contribution is -0.182. The minimum atomic E-state index is -4.02. The van der Waals surface area contributed by atoms with Crippen molar-refractivity contribution in [3.63, 3.8) is 0 Å². The average molecular weight is 275 g/mol. The molecule has 0 saturated heterocycles. The van der Waals surface area contributed by atoms with E-state index in [9.17, 15) is 13.2 Å². The number of hydrogen-bond donors (Lipinski definition) is 1. The van der Waals surface area contributed by atoms with Gasteiger partial charge in [0.15, 0.2) is 0 Å². The van der Waals surface area contributed by atoms with Crippen molar-refractivity contribution < 1.29 is 13.2 Å². The number of nitrogens with one attached hydrogen (secondary N) is 1. The van der Waals surface area contributed by atoms with Crippen molar-refractivity contribution in [2.45, 2.75) is 57.4 Å². The smallest absolute Gasteiger partial charge is 0.310 e. The van der Waals surface area contributed by atoms with Gasteiger partial charge in [-0.15, -0.1) is 0 Å². The van der Waals surface area contributed by atoms with Crippen molar-refractivity contribution in [2.24, 2.45) is 5.92 Å². The molecule has 6 heteroatoms. The molecule has 2 rings (SSSR count). The number of hydrogen-bond acceptors (Lipinski definition) is 2. The third kappa shape index (κ3) is 4.23. The maximum absolute atomic E-state index is 12.6. The van der Waals surface area contributed by atoms with Crippen LogP contribution >= 0.6 is 0 Å². The summed E-state index contributed by atoms with van der Waals surface area (Å²) in [5.41, 5.74) is 0. The van der Waals surface area contributed by atoms with E-state index in [0.29, 0.717) is 12.8 Å². The van der Waals surface area contributed by atoms with E-state index in [4.69, 9.17) is 0 Å². The average Bonchev–Trinajstić information content (AvgIpc) is 2.81. The van der Waals surface area contributed by atoms with Crippen LogP contribution in [0.15, 0.2) is 18.5 Å². The van der Waals surface area contributed by atoms with Gasteiger partial charge in [-0.2, -0.15) is 18.3 Å². The molecule has 0 aromatic carbocycles. The normalized spacial score (nSPS) is 26.3. The number of rotatable bonds is 4. The Morgan fingerprint density at radius 2 is 2.00 bits per heavy atom. The molecule has 3 nitrogen and oxygen atoms in total. The topological polar surface area (TPSA) is 29.9 Å². The van der Waals surface area contributed by atoms with Gasteiger partial charge in [0, 0.05) is 24.5 Å². The molecule has 1 unspecified atom stereocenters. The van der Waals surface area contributed by atoms with Gasteiger partial charge in [0.25, 0.3) is 0 Å². The van der Waals surface area contributed by atoms with Crippen molar-refractivity contribution in [3.8, 4) is 0 Å². The lowest BCUT2D eigenvalue weighted by Crippen LogP contribution is -2.42. The van der Waals surface area contributed by atoms with Crippen molar-refractivity contribution in [2.75, 3.05) is 0 Å². The number of halogens is 3. The molecule has 0 radical (unpaired) electrons. The summed E-state index contributed by atoms with van der Waals surface area (Å²) < 4.78 is 39.5. The summed E-state index contributed by atoms with van der Waals surface area (Å²) in [7, 11) is 0. The Morgan fingerprint density at radius 3 is 2.53 bits per heavy atom. The molecule has 1 atom stereocenters. The van der Waals surface area contributed by atoms with Gasteiger partial charge in [-0.3, -0.25) is 4.68 Å². The van der Waals surface area contributed by atoms with Crippen LogP contribution in [0.25, 0.3) is 0 Å². The van der Waals surface area contributed by atoms with Crippen LogP contribution in [-0.2, 0) is 6.54 Å². The van der Waals surface area contributed by atoms with Crippen molar-refractivity contribution in [3.05, 3.63) is 18.5 Å². The Kier molecular flexibility index (Phi) is 4.50. The van der Waals surface area contributed by atoms with Crippen LogP contribution in [0.5, 0.6) is 0 Å². The summed E-state index contributed by atoms with van der Waals surface area (Å²) in [6.45, 7) is 2.78. The molecule has 1 aliphatic rings. The second-order valence-corrected chi connectivity index (χ2v) is 5.39. The van der Waals surface area contributed by atoms with E-state index in [0.717, 1.165) is 6.54 Å². The number of aromatic nitrogens is 2. The Balaban J connectivity index is 1.73. The molecule has 0 spiro atoms. The highest BCUT2D eigenvalue weighted by molar-refractivity contribution is 4.83. The second-order valence-electron chi connectivity index (χ2n) is 5.39. The number of alkyl halides is 3. The first-order valence-corrected chi connectivity index (χ1v) is 6.75. The van der Waals surface area contributed by atoms with E-state index in [1.54, 1.807) is 6.20 Å². The summed E-state index contributed by atoms with van der Waals surface area (Å²) in [6.07, 6.45) is 1.29. The molecule has 1 N–H and O–H groups in total. The van der Waals surface area contributed by atoms with Gasteiger partial charge >= 0.3 is 6.18 Å². The van der Waals surface area contributed by atoms with Gasteiger partial charge < -0.3 is 5.32 Å². The summed E-state index contributed by atoms with van der Waals surface area (Å²) in [6, 6.07) is 2.28. The maximum Gasteiger partial charge on any atom is 0.391 e. The molecule has 0 amide bonds. The van der Waals surface area contributed by atoms with Crippen LogP contribution < -0.4 is 5.32 Å². The van der Waals surface area contributed by atoms with Crippen LogP contribution in [-0.4, -0.2) is 28.0 Å². The van der Waals surface area contributed by atoms with Crippen molar-refractivity contribution in [1.82, 2.24) is 15.1 Å². The standard InChI is InChI=1S/C13H20F3N3/c1-10(9-19-8-2-7-17-19)18-12-5-3-11(4-6-12)13(14,15)16/h2,7-8,10-12,18H,3-6,9H2,1H3. The molecule has 1 fully saturated rings. The van der Waals surface area contributed by atoms with Crippen LogP contribution in [0, 0.1) is 5.92 Å². The first-order chi connectivity index (χ1) is 8.95. The van der Waals surface area contributed by atoms with Gasteiger partial charge in [-0.25, -0.2) is 0 Å². The first-order valence-electron chi connectivity index (χ1n) is 6.75. The first kappa shape index (κ1) is 14.4. The maximum atomic E-state index is 12.6. The van der Waals surface area contributed by atoms with Crippen LogP contribution in [0.2, 0.25) is 0 Å². The van der Waals surface area contributed by atoms with E-state index in [2.05, 4.69) is 10.4 Å². The molecule has 19 heavy (non-hydrogen) atoms. The quantitative estimate of drug-likeness (QED) is 0.915. The molecule has 1 saturated carbocycles. The minimum Gasteiger partial charge on any atom is -0.310 e. The Bertz CT molecular complexity index is 367. The van der Waals surface area contributed by atoms with E-state index < -0.39 is 12.1 Å². The van der Waals surface area contributed by atoms with Crippen molar-refractivity contribution in [1.29, 1.82) is 0 Å². The zero-order valence-corrected chi connectivity index (χ0v) is 11.0. The summed E-state index contributed by atoms with van der Waals surface area (Å²) in [5, 5.41) is 7.52. The SMILES string of the molecule is CC(Cn1cccn1)NC1CCC(C(F)(F)F)CC1. The molecule has 1 aromatic heterocycles. The van der Waals surface area contributed by atoms with E-state index in [-0.39, 0.29) is 24.9 Å². The largest absolute Gasteiger partial charge is 0.391 e. The Hall–Kier alpha value is -1.04. The predicted octanol–water partition coefficient (Wildman–Crippen LogP) is 2.98. The lowest BCUT2D eigenvalue weighted by atomic mass is 9.85. The zero-order valence-electron chi connectivity index (χ0n) is 11.0. The predicted molar refractivity (Wildman–Crippen MR) is 66.6 cm³/mol. The zero-order chi connectivity index (χ0) is 13.9. The highest BCUT2D eigenvalue weighted by Crippen LogP contribution is 2.37. The third-order valence-corrected chi connectivity index (χ3v) is 3.73. The van der Waals surface area contributed by atoms with E-state index in [1.807, 2.05) is 23.9 Å². The fraction of sp³-hybridized carbons (Fsp3) is 0.769. The third-order valence-electron chi connectivity index (χ3n) is 3.73. The molecule has 1 heterocycles. The lowest BCUT2D eigenvalue weighted by Gasteiger charge is -2.32. The van der Waals surface area contributed by atoms with Gasteiger partial charge in [-0.1, -0.05) is 0 Å². The summed E-state index contributed by atoms with van der Waals surface area (Å²) >= 11 is 0. The summed E-state index contributed by atoms with van der Waals surface area (Å²) in [5.74, 6) is -1.10. The Labute approximate surface area is 111 Å². The van der Waals surface area contributed by atoms with Gasteiger partial charge in [0.1, 0.15) is 0 Å².